The van der Waals surface area contributed by atoms with Crippen molar-refractivity contribution in [3.8, 4) is 0 Å². The molecule has 0 heterocycles. The van der Waals surface area contributed by atoms with Crippen molar-refractivity contribution in [2.24, 2.45) is 0 Å². The van der Waals surface area contributed by atoms with Crippen molar-refractivity contribution in [1.29, 1.82) is 0 Å². The lowest BCUT2D eigenvalue weighted by Crippen LogP contribution is -2.26. The van der Waals surface area contributed by atoms with Crippen LogP contribution >= 0.6 is 21.5 Å². The first-order valence-electron chi connectivity index (χ1n) is 2.31. The average Bonchev–Trinajstić information content (AvgIpc) is 1.31. The second kappa shape index (κ2) is 3.66. The molecule has 0 radical (unpaired) electrons. The summed E-state index contributed by atoms with van der Waals surface area (Å²) in [7, 11) is 0. The largest absolute Gasteiger partial charge is 0.392 e. The van der Waals surface area contributed by atoms with E-state index in [2.05, 4.69) is 0 Å². The van der Waals surface area contributed by atoms with Gasteiger partial charge in [0.15, 0.2) is 0 Å². The fourth-order valence-electron chi connectivity index (χ4n) is 0. The Labute approximate surface area is 59.0 Å². The Kier molecular flexibility index (Phi) is 5.25. The second-order valence-corrected chi connectivity index (χ2v) is 3.21. The van der Waals surface area contributed by atoms with Crippen molar-refractivity contribution in [2.45, 2.75) is 31.7 Å². The van der Waals surface area contributed by atoms with Crippen molar-refractivity contribution in [1.82, 2.24) is 0 Å². The molecule has 0 aliphatic carbocycles. The molecule has 2 unspecified atom stereocenters. The van der Waals surface area contributed by atoms with Crippen LogP contribution in [0.4, 0.5) is 0 Å². The Hall–Kier alpha value is 0.680. The minimum absolute atomic E-state index is 0. The summed E-state index contributed by atoms with van der Waals surface area (Å²) in [5.41, 5.74) is 0. The van der Waals surface area contributed by atoms with Gasteiger partial charge >= 0.3 is 0 Å². The number of alkyl halides is 1. The van der Waals surface area contributed by atoms with Gasteiger partial charge in [-0.25, -0.2) is 0 Å². The lowest BCUT2D eigenvalue weighted by atomic mass is 10.1. The van der Waals surface area contributed by atoms with Crippen molar-refractivity contribution >= 4 is 21.5 Å². The molecule has 0 fully saturated rings. The highest BCUT2D eigenvalue weighted by molar-refractivity contribution is 6.92. The van der Waals surface area contributed by atoms with E-state index in [4.69, 9.17) is 16.7 Å². The first kappa shape index (κ1) is 11.5. The van der Waals surface area contributed by atoms with Gasteiger partial charge in [-0.05, 0) is 20.8 Å². The molecule has 1 nitrogen and oxygen atoms in total. The molecule has 0 aliphatic heterocycles. The molecule has 8 heavy (non-hydrogen) atoms. The fourth-order valence-corrected chi connectivity index (χ4v) is 0. The third kappa shape index (κ3) is 4.83. The summed E-state index contributed by atoms with van der Waals surface area (Å²) in [6, 6.07) is 0. The molecule has 0 aromatic carbocycles. The van der Waals surface area contributed by atoms with E-state index >= 15 is 0 Å². The van der Waals surface area contributed by atoms with E-state index in [1.54, 1.807) is 20.8 Å². The molecule has 0 bridgehead atoms. The first-order valence-corrected chi connectivity index (χ1v) is 2.69. The average molecular weight is 157 g/mol. The minimum Gasteiger partial charge on any atom is -0.392 e. The number of hydrogen-bond donors (Lipinski definition) is 1. The SMILES string of the molecule is CC(O)C(C)(C)Cl.P. The molecule has 0 aromatic rings. The topological polar surface area (TPSA) is 20.2 Å². The first-order chi connectivity index (χ1) is 2.94. The molecule has 0 aromatic heterocycles. The summed E-state index contributed by atoms with van der Waals surface area (Å²) < 4.78 is 0. The zero-order chi connectivity index (χ0) is 6.08. The number of aliphatic hydroxyl groups is 1. The van der Waals surface area contributed by atoms with Gasteiger partial charge in [0.2, 0.25) is 0 Å². The van der Waals surface area contributed by atoms with Crippen LogP contribution in [0.15, 0.2) is 0 Å². The van der Waals surface area contributed by atoms with Gasteiger partial charge in [0.25, 0.3) is 0 Å². The van der Waals surface area contributed by atoms with Gasteiger partial charge in [0, 0.05) is 0 Å². The summed E-state index contributed by atoms with van der Waals surface area (Å²) in [6.07, 6.45) is -0.436. The predicted molar refractivity (Wildman–Crippen MR) is 42.7 cm³/mol. The number of rotatable bonds is 1. The highest BCUT2D eigenvalue weighted by atomic mass is 35.5. The minimum atomic E-state index is -0.472. The third-order valence-corrected chi connectivity index (χ3v) is 1.31. The van der Waals surface area contributed by atoms with Gasteiger partial charge in [-0.3, -0.25) is 0 Å². The zero-order valence-electron chi connectivity index (χ0n) is 5.61. The summed E-state index contributed by atoms with van der Waals surface area (Å²) in [4.78, 5) is -0.472. The fraction of sp³-hybridized carbons (Fsp3) is 1.00. The summed E-state index contributed by atoms with van der Waals surface area (Å²) >= 11 is 5.62. The molecule has 1 N–H and O–H groups in total. The molecule has 52 valence electrons. The van der Waals surface area contributed by atoms with E-state index in [0.717, 1.165) is 0 Å². The Morgan fingerprint density at radius 1 is 1.50 bits per heavy atom. The molecular formula is C5H14ClOP. The quantitative estimate of drug-likeness (QED) is 0.450. The van der Waals surface area contributed by atoms with E-state index in [9.17, 15) is 0 Å². The standard InChI is InChI=1S/C5H11ClO.H3P/c1-4(7)5(2,3)6;/h4,7H,1-3H3;1H3. The summed E-state index contributed by atoms with van der Waals surface area (Å²) in [5, 5.41) is 8.76. The molecule has 0 saturated heterocycles. The van der Waals surface area contributed by atoms with Crippen molar-refractivity contribution in [3.05, 3.63) is 0 Å². The van der Waals surface area contributed by atoms with Gasteiger partial charge in [-0.1, -0.05) is 0 Å². The van der Waals surface area contributed by atoms with Crippen molar-refractivity contribution < 1.29 is 5.11 Å². The highest BCUT2D eigenvalue weighted by Crippen LogP contribution is 2.16. The lowest BCUT2D eigenvalue weighted by Gasteiger charge is -2.18. The Morgan fingerprint density at radius 3 is 1.62 bits per heavy atom. The smallest absolute Gasteiger partial charge is 0.0698 e. The predicted octanol–water partition coefficient (Wildman–Crippen LogP) is 1.44. The Balaban J connectivity index is 0. The second-order valence-electron chi connectivity index (χ2n) is 2.24. The molecule has 0 amide bonds. The van der Waals surface area contributed by atoms with Gasteiger partial charge in [-0.2, -0.15) is 9.90 Å². The van der Waals surface area contributed by atoms with Crippen LogP contribution in [0.1, 0.15) is 20.8 Å². The van der Waals surface area contributed by atoms with E-state index in [0.29, 0.717) is 0 Å². The van der Waals surface area contributed by atoms with Crippen LogP contribution in [0.25, 0.3) is 0 Å². The molecular weight excluding hydrogens is 142 g/mol. The van der Waals surface area contributed by atoms with Gasteiger partial charge < -0.3 is 5.11 Å². The van der Waals surface area contributed by atoms with E-state index in [1.165, 1.54) is 0 Å². The van der Waals surface area contributed by atoms with Crippen LogP contribution in [0.5, 0.6) is 0 Å². The van der Waals surface area contributed by atoms with E-state index in [-0.39, 0.29) is 9.90 Å². The zero-order valence-corrected chi connectivity index (χ0v) is 7.78. The van der Waals surface area contributed by atoms with E-state index in [1.807, 2.05) is 0 Å². The maximum absolute atomic E-state index is 8.76. The molecule has 0 spiro atoms. The van der Waals surface area contributed by atoms with Crippen LogP contribution in [0.2, 0.25) is 0 Å². The summed E-state index contributed by atoms with van der Waals surface area (Å²) in [6.45, 7) is 5.23. The highest BCUT2D eigenvalue weighted by Gasteiger charge is 2.19. The maximum Gasteiger partial charge on any atom is 0.0698 e. The van der Waals surface area contributed by atoms with Crippen molar-refractivity contribution in [3.63, 3.8) is 0 Å². The lowest BCUT2D eigenvalue weighted by molar-refractivity contribution is 0.158. The van der Waals surface area contributed by atoms with Gasteiger partial charge in [-0.15, -0.1) is 11.6 Å². The normalized spacial score (nSPS) is 14.6. The molecule has 0 aliphatic rings. The van der Waals surface area contributed by atoms with Gasteiger partial charge in [0.05, 0.1) is 11.0 Å². The molecule has 0 saturated carbocycles. The molecule has 3 heteroatoms. The van der Waals surface area contributed by atoms with Crippen LogP contribution < -0.4 is 0 Å². The number of hydrogen-bond acceptors (Lipinski definition) is 1. The van der Waals surface area contributed by atoms with Crippen LogP contribution in [0.3, 0.4) is 0 Å². The van der Waals surface area contributed by atoms with Crippen LogP contribution in [0, 0.1) is 0 Å². The monoisotopic (exact) mass is 156 g/mol. The van der Waals surface area contributed by atoms with Crippen molar-refractivity contribution in [2.75, 3.05) is 0 Å². The molecule has 0 rings (SSSR count). The van der Waals surface area contributed by atoms with E-state index < -0.39 is 11.0 Å². The third-order valence-electron chi connectivity index (χ3n) is 0.993. The number of halogens is 1. The maximum atomic E-state index is 8.76. The van der Waals surface area contributed by atoms with Crippen LogP contribution in [-0.4, -0.2) is 16.1 Å². The number of aliphatic hydroxyl groups excluding tert-OH is 1. The Morgan fingerprint density at radius 2 is 1.62 bits per heavy atom. The van der Waals surface area contributed by atoms with Gasteiger partial charge in [0.1, 0.15) is 0 Å². The van der Waals surface area contributed by atoms with Crippen LogP contribution in [-0.2, 0) is 0 Å². The molecule has 2 atom stereocenters. The Bertz CT molecular complexity index is 57.9. The summed E-state index contributed by atoms with van der Waals surface area (Å²) in [5.74, 6) is 0.